The molecule has 9 aliphatic rings. The molecule has 13 aromatic rings. The third kappa shape index (κ3) is 22.4. The Morgan fingerprint density at radius 1 is 0.388 bits per heavy atom. The first-order chi connectivity index (χ1) is 69.9. The average Bonchev–Trinajstić information content (AvgIpc) is 1.60. The van der Waals surface area contributed by atoms with E-state index < -0.39 is 243 Å². The molecular formula is C72H84F3N31O29P6S6. The van der Waals surface area contributed by atoms with Gasteiger partial charge in [-0.05, 0) is 90.0 Å². The maximum absolute atomic E-state index is 16.2. The molecule has 9 aliphatic heterocycles. The number of hydrogen-bond acceptors (Lipinski definition) is 49. The minimum absolute atomic E-state index is 0.0302. The van der Waals surface area contributed by atoms with Gasteiger partial charge in [0.05, 0.1) is 95.9 Å². The van der Waals surface area contributed by atoms with Crippen LogP contribution < -0.4 is 56.0 Å². The summed E-state index contributed by atoms with van der Waals surface area (Å²) in [6.45, 7) is -24.8. The summed E-state index contributed by atoms with van der Waals surface area (Å²) in [5.74, 6) is -1.46. The number of benzene rings is 1. The Bertz CT molecular complexity index is 7460. The lowest BCUT2D eigenvalue weighted by atomic mass is 10.1. The number of anilines is 6. The molecule has 6 bridgehead atoms. The number of nitrogens with zero attached hydrogens (tertiary/aromatic N) is 21. The second-order valence-corrected chi connectivity index (χ2v) is 50.1. The SMILES string of the molecule is CC(C)C(=O)Nc1nc2c(ncn2[C@@H]2O[C@@H]3COP(O)(=S)O[C@H]4C[C@H](n5cnc6c(NC(=O)c7ccccc7)ncnc65)O[C@@H]4COP(O)(=S)O[C@@H]2[C@@H]3F)c(=O)[nH]1.CN.Nc1nc2c(ncn2[C@@H]2O[C@@H]3COP(O)(=S)O[C@H]4C[C@H](n5cnc6c(N)ncnc65)OC4COP(O)(=S)O[C@@H]2[C@@H]3F)c(=O)[nH]1.Nc1nc2c(ncn2[C@@H]2O[C@@H]3COP(O)(=S)O[C@H]4C[C@H](n5cnc6c(N)ncnc65)O[C@@H]4COP(O)(=S)O[C@@H]2[C@@H]3F)c(=O)[nH]1. The molecule has 12 aromatic heterocycles. The number of aromatic nitrogens is 24. The van der Waals surface area contributed by atoms with Crippen LogP contribution >= 0.6 is 40.3 Å². The van der Waals surface area contributed by atoms with E-state index in [-0.39, 0.29) is 99.2 Å². The quantitative estimate of drug-likeness (QED) is 0.0870. The zero-order chi connectivity index (χ0) is 104. The van der Waals surface area contributed by atoms with Crippen LogP contribution in [0.2, 0.25) is 0 Å². The fraction of sp³-hybridized carbons (Fsp3) is 0.472. The number of nitrogen functional groups attached to an aromatic ring is 4. The van der Waals surface area contributed by atoms with Gasteiger partial charge in [0, 0.05) is 30.7 Å². The summed E-state index contributed by atoms with van der Waals surface area (Å²) in [6.07, 6.45) is -15.8. The molecule has 75 heteroatoms. The van der Waals surface area contributed by atoms with Crippen molar-refractivity contribution in [2.45, 2.75) is 162 Å². The Labute approximate surface area is 850 Å². The number of ether oxygens (including phenoxy) is 6. The fourth-order valence-electron chi connectivity index (χ4n) is 16.8. The maximum Gasteiger partial charge on any atom is 0.325 e. The molecule has 1 aromatic carbocycles. The second kappa shape index (κ2) is 42.4. The Balaban J connectivity index is 0.000000139. The molecule has 21 N–H and O–H groups in total. The summed E-state index contributed by atoms with van der Waals surface area (Å²) in [7, 11) is 1.50. The average molecular weight is 2280 g/mol. The van der Waals surface area contributed by atoms with Crippen molar-refractivity contribution in [3.05, 3.63) is 124 Å². The van der Waals surface area contributed by atoms with Crippen molar-refractivity contribution in [3.63, 3.8) is 0 Å². The van der Waals surface area contributed by atoms with Crippen molar-refractivity contribution in [1.29, 1.82) is 0 Å². The molecule has 788 valence electrons. The molecular weight excluding hydrogens is 2200 g/mol. The zero-order valence-corrected chi connectivity index (χ0v) is 85.5. The van der Waals surface area contributed by atoms with E-state index in [9.17, 15) is 53.3 Å². The third-order valence-corrected chi connectivity index (χ3v) is 33.0. The number of halogens is 3. The van der Waals surface area contributed by atoms with E-state index in [1.54, 1.807) is 57.9 Å². The van der Waals surface area contributed by atoms with Crippen molar-refractivity contribution in [1.82, 2.24) is 117 Å². The van der Waals surface area contributed by atoms with Crippen molar-refractivity contribution >= 4 is 225 Å². The largest absolute Gasteiger partial charge is 0.382 e. The highest BCUT2D eigenvalue weighted by atomic mass is 32.5. The number of aromatic amines is 3. The standard InChI is InChI=1S/C31H33FN10O11P2S2.2C20H23FN10O9P2S2.CH5N/c1-14(2)27(43)39-31-38-26-22(29(45)40-31)36-13-42(26)30-23-20(32)18(51-30)10-49-54(46,56)52-16-8-19(50-17(16)9-48-55(47,57)53-23)41-12-35-21-24(33-11-34-25(21)41)37-28(44)15-6-4-3-5-7-15;2*21-11-9-3-36-41(33,43)39-7-1-10(30-5-26-12-15(22)24-4-25-16(12)30)37-8(7)2-35-42(34,44)40-14(11)19(38-9)31-6-27-13-17(31)28-20(23)29-18(13)32;1-2/h3-7,11-14,16-20,23,30H,8-10H2,1-2H3,(H,46,56)(H,47,57)(H,33,34,37,44)(H2,38,39,40,43,45);2*4-11,14,19H,1-3H2,(H,33,43)(H,34,44)(H2,22,24,25)(H3,23,28,29,32);2H2,1H3/t16-,17+,18+,19+,20+,23+,30+,54?,55?;7-,8?,9+,10+,11+,14+,19+,41?,42?;7-,8+,9+,10+,11+,14+,19+,41?,42?;/m000./s1. The molecule has 2 amide bonds. The van der Waals surface area contributed by atoms with Crippen LogP contribution in [0.15, 0.2) is 102 Å². The fourth-order valence-corrected chi connectivity index (χ4v) is 25.5. The first-order valence-corrected chi connectivity index (χ1v) is 59.0. The highest BCUT2D eigenvalue weighted by Gasteiger charge is 2.57. The maximum atomic E-state index is 16.2. The van der Waals surface area contributed by atoms with Gasteiger partial charge in [0.1, 0.15) is 104 Å². The number of alkyl halides is 3. The smallest absolute Gasteiger partial charge is 0.325 e. The number of nitrogens with one attached hydrogen (secondary N) is 5. The predicted molar refractivity (Wildman–Crippen MR) is 522 cm³/mol. The van der Waals surface area contributed by atoms with E-state index in [2.05, 4.69) is 106 Å². The van der Waals surface area contributed by atoms with Gasteiger partial charge in [0.15, 0.2) is 111 Å². The van der Waals surface area contributed by atoms with Gasteiger partial charge in [0.2, 0.25) is 23.8 Å². The Hall–Kier alpha value is -9.25. The van der Waals surface area contributed by atoms with Gasteiger partial charge in [-0.1, -0.05) is 32.0 Å². The monoisotopic (exact) mass is 2280 g/mol. The lowest BCUT2D eigenvalue weighted by Crippen LogP contribution is -2.32. The first-order valence-electron chi connectivity index (χ1n) is 43.4. The number of carbonyl (C=O) groups excluding carboxylic acids is 2. The summed E-state index contributed by atoms with van der Waals surface area (Å²) in [4.78, 5) is 198. The molecule has 0 radical (unpaired) electrons. The lowest BCUT2D eigenvalue weighted by molar-refractivity contribution is -0.119. The van der Waals surface area contributed by atoms with E-state index in [0.717, 1.165) is 6.33 Å². The normalized spacial score (nSPS) is 33.9. The van der Waals surface area contributed by atoms with Crippen LogP contribution in [0.1, 0.15) is 80.8 Å². The highest BCUT2D eigenvalue weighted by molar-refractivity contribution is 8.08. The van der Waals surface area contributed by atoms with E-state index in [1.165, 1.54) is 71.4 Å². The van der Waals surface area contributed by atoms with Crippen LogP contribution in [-0.2, 0) is 158 Å². The summed E-state index contributed by atoms with van der Waals surface area (Å²) < 4.78 is 160. The number of hydrogen-bond donors (Lipinski definition) is 16. The molecule has 7 unspecified atom stereocenters. The molecule has 147 heavy (non-hydrogen) atoms. The lowest BCUT2D eigenvalue weighted by Gasteiger charge is -2.27. The number of carbonyl (C=O) groups is 2. The van der Waals surface area contributed by atoms with E-state index in [1.807, 2.05) is 0 Å². The van der Waals surface area contributed by atoms with Gasteiger partial charge >= 0.3 is 40.3 Å². The molecule has 0 spiro atoms. The van der Waals surface area contributed by atoms with Crippen LogP contribution in [-0.4, -0.2) is 297 Å². The number of H-pyrrole nitrogens is 3. The van der Waals surface area contributed by atoms with Crippen LogP contribution in [0.3, 0.4) is 0 Å². The Morgan fingerprint density at radius 3 is 1.07 bits per heavy atom. The summed E-state index contributed by atoms with van der Waals surface area (Å²) in [6, 6.07) is 8.53. The zero-order valence-electron chi connectivity index (χ0n) is 75.3. The Kier molecular flexibility index (Phi) is 30.6. The molecule has 60 nitrogen and oxygen atoms in total. The summed E-state index contributed by atoms with van der Waals surface area (Å²) >= 11 is 31.6. The molecule has 22 rings (SSSR count). The van der Waals surface area contributed by atoms with Crippen LogP contribution in [0.5, 0.6) is 0 Å². The second-order valence-electron chi connectivity index (χ2n) is 33.3. The van der Waals surface area contributed by atoms with Crippen LogP contribution in [0, 0.1) is 5.92 Å². The van der Waals surface area contributed by atoms with Crippen LogP contribution in [0.25, 0.3) is 67.0 Å². The van der Waals surface area contributed by atoms with E-state index in [0.29, 0.717) is 27.9 Å². The van der Waals surface area contributed by atoms with Gasteiger partial charge in [-0.15, -0.1) is 0 Å². The van der Waals surface area contributed by atoms with Gasteiger partial charge in [-0.2, -0.15) is 15.0 Å². The van der Waals surface area contributed by atoms with Crippen LogP contribution in [0.4, 0.5) is 48.5 Å². The topological polar surface area (TPSA) is 797 Å². The molecule has 21 heterocycles. The third-order valence-electron chi connectivity index (χ3n) is 23.6. The minimum atomic E-state index is -4.33. The molecule has 9 fully saturated rings. The minimum Gasteiger partial charge on any atom is -0.382 e. The number of rotatable bonds is 10. The highest BCUT2D eigenvalue weighted by Crippen LogP contribution is 2.60. The number of fused-ring (bicyclic) bond motifs is 15. The first kappa shape index (κ1) is 106. The van der Waals surface area contributed by atoms with E-state index >= 15 is 13.2 Å². The number of nitrogens with two attached hydrogens (primary N) is 5. The van der Waals surface area contributed by atoms with Crippen molar-refractivity contribution < 1.29 is 135 Å². The molecule has 9 saturated heterocycles. The molecule has 0 saturated carbocycles. The van der Waals surface area contributed by atoms with Gasteiger partial charge < -0.3 is 132 Å². The van der Waals surface area contributed by atoms with Gasteiger partial charge in [0.25, 0.3) is 22.6 Å². The molecule has 0 aliphatic carbocycles. The van der Waals surface area contributed by atoms with Crippen molar-refractivity contribution in [2.24, 2.45) is 11.7 Å². The van der Waals surface area contributed by atoms with Gasteiger partial charge in [-0.3, -0.25) is 85.2 Å². The molecule has 27 atom stereocenters. The predicted octanol–water partition coefficient (Wildman–Crippen LogP) is 1.95. The summed E-state index contributed by atoms with van der Waals surface area (Å²) in [5, 5.41) is 5.23. The van der Waals surface area contributed by atoms with E-state index in [4.69, 9.17) is 176 Å². The number of imidazole rings is 6. The number of amides is 2. The Morgan fingerprint density at radius 2 is 0.701 bits per heavy atom. The van der Waals surface area contributed by atoms with Crippen molar-refractivity contribution in [3.8, 4) is 0 Å². The summed E-state index contributed by atoms with van der Waals surface area (Å²) in [5.41, 5.74) is 27.5. The van der Waals surface area contributed by atoms with Gasteiger partial charge in [-0.25, -0.2) is 73.0 Å². The van der Waals surface area contributed by atoms with Crippen molar-refractivity contribution in [2.75, 3.05) is 80.3 Å².